The molecule has 1 saturated carbocycles. The third-order valence-corrected chi connectivity index (χ3v) is 4.61. The first kappa shape index (κ1) is 17.8. The van der Waals surface area contributed by atoms with Gasteiger partial charge in [-0.25, -0.2) is 0 Å². The van der Waals surface area contributed by atoms with Crippen molar-refractivity contribution in [1.82, 2.24) is 10.6 Å². The lowest BCUT2D eigenvalue weighted by Crippen LogP contribution is -2.48. The van der Waals surface area contributed by atoms with Gasteiger partial charge < -0.3 is 10.6 Å². The van der Waals surface area contributed by atoms with Crippen molar-refractivity contribution in [2.45, 2.75) is 65.8 Å². The Morgan fingerprint density at radius 2 is 1.55 bits per heavy atom. The summed E-state index contributed by atoms with van der Waals surface area (Å²) in [5.74, 6) is 0.523. The molecule has 118 valence electrons. The summed E-state index contributed by atoms with van der Waals surface area (Å²) in [5, 5.41) is 6.65. The lowest BCUT2D eigenvalue weighted by atomic mass is 9.63. The van der Waals surface area contributed by atoms with Crippen molar-refractivity contribution in [3.05, 3.63) is 0 Å². The van der Waals surface area contributed by atoms with Crippen LogP contribution >= 0.6 is 12.4 Å². The first-order valence-electron chi connectivity index (χ1n) is 7.79. The largest absolute Gasteiger partial charge is 0.353 e. The summed E-state index contributed by atoms with van der Waals surface area (Å²) in [7, 11) is 0. The van der Waals surface area contributed by atoms with E-state index in [-0.39, 0.29) is 18.3 Å². The van der Waals surface area contributed by atoms with Gasteiger partial charge in [0.05, 0.1) is 0 Å². The van der Waals surface area contributed by atoms with Gasteiger partial charge in [-0.3, -0.25) is 4.79 Å². The Kier molecular flexibility index (Phi) is 5.91. The van der Waals surface area contributed by atoms with E-state index in [9.17, 15) is 4.79 Å². The molecule has 0 aromatic carbocycles. The molecule has 0 spiro atoms. The highest BCUT2D eigenvalue weighted by atomic mass is 35.5. The number of halogens is 1. The zero-order valence-electron chi connectivity index (χ0n) is 13.4. The summed E-state index contributed by atoms with van der Waals surface area (Å²) in [6.07, 6.45) is 5.47. The Labute approximate surface area is 130 Å². The van der Waals surface area contributed by atoms with Crippen molar-refractivity contribution < 1.29 is 4.79 Å². The maximum Gasteiger partial charge on any atom is 0.223 e. The SMILES string of the molecule is CC1(C)CC(NC(=O)C2CCNCC2)CC(C)(C)C1.Cl. The van der Waals surface area contributed by atoms with Crippen molar-refractivity contribution >= 4 is 18.3 Å². The number of amides is 1. The van der Waals surface area contributed by atoms with Gasteiger partial charge in [-0.05, 0) is 56.0 Å². The van der Waals surface area contributed by atoms with Crippen LogP contribution in [0.4, 0.5) is 0 Å². The second kappa shape index (κ2) is 6.65. The highest BCUT2D eigenvalue weighted by molar-refractivity contribution is 5.85. The van der Waals surface area contributed by atoms with Crippen LogP contribution in [0.15, 0.2) is 0 Å². The Hall–Kier alpha value is -0.280. The van der Waals surface area contributed by atoms with Gasteiger partial charge in [-0.15, -0.1) is 12.4 Å². The lowest BCUT2D eigenvalue weighted by Gasteiger charge is -2.45. The van der Waals surface area contributed by atoms with E-state index in [0.717, 1.165) is 38.8 Å². The third kappa shape index (κ3) is 4.92. The molecule has 1 amide bonds. The Morgan fingerprint density at radius 1 is 1.05 bits per heavy atom. The quantitative estimate of drug-likeness (QED) is 0.823. The molecular formula is C16H31ClN2O. The van der Waals surface area contributed by atoms with Gasteiger partial charge in [-0.2, -0.15) is 0 Å². The predicted molar refractivity (Wildman–Crippen MR) is 86.2 cm³/mol. The zero-order valence-corrected chi connectivity index (χ0v) is 14.2. The minimum absolute atomic E-state index is 0. The molecule has 2 fully saturated rings. The molecule has 1 aliphatic carbocycles. The average molecular weight is 303 g/mol. The number of hydrogen-bond acceptors (Lipinski definition) is 2. The summed E-state index contributed by atoms with van der Waals surface area (Å²) in [6, 6.07) is 0.362. The molecule has 0 aromatic heterocycles. The van der Waals surface area contributed by atoms with Gasteiger partial charge in [0.2, 0.25) is 5.91 Å². The van der Waals surface area contributed by atoms with Crippen molar-refractivity contribution in [2.75, 3.05) is 13.1 Å². The fourth-order valence-electron chi connectivity index (χ4n) is 4.35. The Morgan fingerprint density at radius 3 is 2.05 bits per heavy atom. The molecule has 1 heterocycles. The minimum atomic E-state index is 0. The van der Waals surface area contributed by atoms with Gasteiger partial charge in [0.25, 0.3) is 0 Å². The molecule has 0 atom stereocenters. The minimum Gasteiger partial charge on any atom is -0.353 e. The molecule has 3 nitrogen and oxygen atoms in total. The van der Waals surface area contributed by atoms with E-state index >= 15 is 0 Å². The average Bonchev–Trinajstić information content (AvgIpc) is 2.25. The highest BCUT2D eigenvalue weighted by Crippen LogP contribution is 2.45. The summed E-state index contributed by atoms with van der Waals surface area (Å²) < 4.78 is 0. The van der Waals surface area contributed by atoms with Crippen LogP contribution in [0.5, 0.6) is 0 Å². The van der Waals surface area contributed by atoms with Crippen molar-refractivity contribution in [2.24, 2.45) is 16.7 Å². The number of rotatable bonds is 2. The molecule has 20 heavy (non-hydrogen) atoms. The highest BCUT2D eigenvalue weighted by Gasteiger charge is 2.39. The molecular weight excluding hydrogens is 272 g/mol. The van der Waals surface area contributed by atoms with Crippen LogP contribution in [-0.4, -0.2) is 25.0 Å². The molecule has 4 heteroatoms. The number of hydrogen-bond donors (Lipinski definition) is 2. The number of piperidine rings is 1. The fraction of sp³-hybridized carbons (Fsp3) is 0.938. The molecule has 0 unspecified atom stereocenters. The van der Waals surface area contributed by atoms with Gasteiger partial charge in [0, 0.05) is 12.0 Å². The van der Waals surface area contributed by atoms with Crippen LogP contribution in [-0.2, 0) is 4.79 Å². The fourth-order valence-corrected chi connectivity index (χ4v) is 4.35. The van der Waals surface area contributed by atoms with Crippen LogP contribution in [0.2, 0.25) is 0 Å². The maximum absolute atomic E-state index is 12.3. The molecule has 2 N–H and O–H groups in total. The summed E-state index contributed by atoms with van der Waals surface area (Å²) >= 11 is 0. The maximum atomic E-state index is 12.3. The number of carbonyl (C=O) groups is 1. The van der Waals surface area contributed by atoms with Crippen LogP contribution in [0.3, 0.4) is 0 Å². The summed E-state index contributed by atoms with van der Waals surface area (Å²) in [6.45, 7) is 11.3. The van der Waals surface area contributed by atoms with E-state index in [4.69, 9.17) is 0 Å². The topological polar surface area (TPSA) is 41.1 Å². The molecule has 0 radical (unpaired) electrons. The lowest BCUT2D eigenvalue weighted by molar-refractivity contribution is -0.127. The zero-order chi connectivity index (χ0) is 14.1. The Balaban J connectivity index is 0.00000200. The van der Waals surface area contributed by atoms with Crippen LogP contribution < -0.4 is 10.6 Å². The van der Waals surface area contributed by atoms with Gasteiger partial charge in [0.1, 0.15) is 0 Å². The van der Waals surface area contributed by atoms with E-state index in [2.05, 4.69) is 38.3 Å². The van der Waals surface area contributed by atoms with Crippen LogP contribution in [0.1, 0.15) is 59.8 Å². The third-order valence-electron chi connectivity index (χ3n) is 4.61. The number of carbonyl (C=O) groups excluding carboxylic acids is 1. The van der Waals surface area contributed by atoms with E-state index in [1.807, 2.05) is 0 Å². The second-order valence-electron chi connectivity index (χ2n) is 8.14. The monoisotopic (exact) mass is 302 g/mol. The predicted octanol–water partition coefficient (Wildman–Crippen LogP) is 3.13. The van der Waals surface area contributed by atoms with E-state index in [1.165, 1.54) is 6.42 Å². The molecule has 2 rings (SSSR count). The van der Waals surface area contributed by atoms with Gasteiger partial charge >= 0.3 is 0 Å². The molecule has 1 aliphatic heterocycles. The van der Waals surface area contributed by atoms with Crippen molar-refractivity contribution in [1.29, 1.82) is 0 Å². The molecule has 0 bridgehead atoms. The Bertz CT molecular complexity index is 319. The van der Waals surface area contributed by atoms with Crippen LogP contribution in [0, 0.1) is 16.7 Å². The number of nitrogens with one attached hydrogen (secondary N) is 2. The van der Waals surface area contributed by atoms with Gasteiger partial charge in [-0.1, -0.05) is 27.7 Å². The summed E-state index contributed by atoms with van der Waals surface area (Å²) in [4.78, 5) is 12.3. The normalized spacial score (nSPS) is 26.6. The van der Waals surface area contributed by atoms with E-state index in [0.29, 0.717) is 22.8 Å². The van der Waals surface area contributed by atoms with Crippen molar-refractivity contribution in [3.8, 4) is 0 Å². The van der Waals surface area contributed by atoms with E-state index in [1.54, 1.807) is 0 Å². The second-order valence-corrected chi connectivity index (χ2v) is 8.14. The standard InChI is InChI=1S/C16H30N2O.ClH/c1-15(2)9-13(10-16(3,4)11-15)18-14(19)12-5-7-17-8-6-12;/h12-13,17H,5-11H2,1-4H3,(H,18,19);1H. The summed E-state index contributed by atoms with van der Waals surface area (Å²) in [5.41, 5.74) is 0.682. The van der Waals surface area contributed by atoms with Crippen LogP contribution in [0.25, 0.3) is 0 Å². The molecule has 2 aliphatic rings. The smallest absolute Gasteiger partial charge is 0.223 e. The van der Waals surface area contributed by atoms with Crippen molar-refractivity contribution in [3.63, 3.8) is 0 Å². The first-order valence-corrected chi connectivity index (χ1v) is 7.79. The van der Waals surface area contributed by atoms with Gasteiger partial charge in [0.15, 0.2) is 0 Å². The molecule has 0 aromatic rings. The first-order chi connectivity index (χ1) is 8.77. The molecule has 1 saturated heterocycles. The van der Waals surface area contributed by atoms with E-state index < -0.39 is 0 Å².